The molecule has 0 bridgehead atoms. The van der Waals surface area contributed by atoms with E-state index in [1.165, 1.54) is 0 Å². The van der Waals surface area contributed by atoms with E-state index in [1.807, 2.05) is 18.2 Å². The molecule has 0 saturated carbocycles. The highest BCUT2D eigenvalue weighted by Crippen LogP contribution is 2.51. The smallest absolute Gasteiger partial charge is 0.258 e. The van der Waals surface area contributed by atoms with Crippen molar-refractivity contribution in [1.29, 1.82) is 0 Å². The third-order valence-electron chi connectivity index (χ3n) is 6.60. The Morgan fingerprint density at radius 3 is 2.32 bits per heavy atom. The van der Waals surface area contributed by atoms with E-state index in [4.69, 9.17) is 30.4 Å². The largest absolute Gasteiger partial charge is 0.493 e. The molecule has 8 nitrogen and oxygen atoms in total. The maximum absolute atomic E-state index is 13.5. The van der Waals surface area contributed by atoms with Crippen molar-refractivity contribution in [3.05, 3.63) is 51.8 Å². The van der Waals surface area contributed by atoms with Gasteiger partial charge in [0, 0.05) is 29.6 Å². The standard InChI is InChI=1S/C26H29N3O5/c1-29-25-18-11-23-22(33-13-34-23)9-15(18)16(8-14(28)6-4-5-7-27)24(25)17-10-20(31-2)21(32-3)12-19(17)26(29)30/h8-12,14H,4-7,13,27-28H2,1-3H3/b16-8+/t14-/m1/s1. The summed E-state index contributed by atoms with van der Waals surface area (Å²) in [7, 11) is 4.93. The van der Waals surface area contributed by atoms with Gasteiger partial charge in [0.25, 0.3) is 5.56 Å². The van der Waals surface area contributed by atoms with Crippen LogP contribution in [-0.2, 0) is 7.05 Å². The van der Waals surface area contributed by atoms with Gasteiger partial charge in [0.05, 0.1) is 25.3 Å². The molecule has 1 aliphatic heterocycles. The first-order chi connectivity index (χ1) is 16.5. The molecule has 3 aromatic rings. The summed E-state index contributed by atoms with van der Waals surface area (Å²) in [5, 5.41) is 1.34. The first-order valence-corrected chi connectivity index (χ1v) is 11.4. The number of fused-ring (bicyclic) bond motifs is 6. The van der Waals surface area contributed by atoms with Gasteiger partial charge < -0.3 is 35.0 Å². The van der Waals surface area contributed by atoms with Crippen molar-refractivity contribution in [2.75, 3.05) is 27.6 Å². The van der Waals surface area contributed by atoms with E-state index in [1.54, 1.807) is 31.9 Å². The summed E-state index contributed by atoms with van der Waals surface area (Å²) in [4.78, 5) is 13.5. The number of aromatic nitrogens is 1. The van der Waals surface area contributed by atoms with Crippen molar-refractivity contribution in [2.45, 2.75) is 25.3 Å². The van der Waals surface area contributed by atoms with Crippen molar-refractivity contribution in [2.24, 2.45) is 18.5 Å². The average Bonchev–Trinajstić information content (AvgIpc) is 3.42. The number of nitrogens with two attached hydrogens (primary N) is 2. The summed E-state index contributed by atoms with van der Waals surface area (Å²) >= 11 is 0. The van der Waals surface area contributed by atoms with Gasteiger partial charge in [0.1, 0.15) is 0 Å². The van der Waals surface area contributed by atoms with E-state index in [2.05, 4.69) is 6.08 Å². The molecule has 5 rings (SSSR count). The Labute approximate surface area is 197 Å². The fourth-order valence-electron chi connectivity index (χ4n) is 4.92. The van der Waals surface area contributed by atoms with Gasteiger partial charge in [-0.1, -0.05) is 12.5 Å². The van der Waals surface area contributed by atoms with Gasteiger partial charge in [-0.2, -0.15) is 0 Å². The SMILES string of the molecule is COc1cc2c3c(n(C)c(=O)c2cc1OC)-c1cc2c(cc1/C3=C\[C@H](N)CCCCN)OCO2. The lowest BCUT2D eigenvalue weighted by Gasteiger charge is -2.16. The van der Waals surface area contributed by atoms with Crippen LogP contribution < -0.4 is 36.0 Å². The van der Waals surface area contributed by atoms with Crippen molar-refractivity contribution in [3.8, 4) is 34.3 Å². The van der Waals surface area contributed by atoms with Crippen molar-refractivity contribution < 1.29 is 18.9 Å². The molecule has 0 amide bonds. The molecule has 0 fully saturated rings. The van der Waals surface area contributed by atoms with Crippen LogP contribution in [0.1, 0.15) is 30.4 Å². The minimum absolute atomic E-state index is 0.119. The van der Waals surface area contributed by atoms with Gasteiger partial charge in [-0.05, 0) is 54.8 Å². The summed E-state index contributed by atoms with van der Waals surface area (Å²) in [5.41, 5.74) is 16.7. The van der Waals surface area contributed by atoms with Crippen LogP contribution in [0.2, 0.25) is 0 Å². The van der Waals surface area contributed by atoms with Gasteiger partial charge >= 0.3 is 0 Å². The van der Waals surface area contributed by atoms with Crippen LogP contribution in [0.5, 0.6) is 23.0 Å². The highest BCUT2D eigenvalue weighted by molar-refractivity contribution is 6.10. The molecule has 178 valence electrons. The van der Waals surface area contributed by atoms with E-state index in [0.717, 1.165) is 52.6 Å². The third-order valence-corrected chi connectivity index (χ3v) is 6.60. The molecule has 0 spiro atoms. The second kappa shape index (κ2) is 8.70. The minimum atomic E-state index is -0.168. The Morgan fingerprint density at radius 2 is 1.68 bits per heavy atom. The number of benzene rings is 2. The highest BCUT2D eigenvalue weighted by Gasteiger charge is 2.33. The third kappa shape index (κ3) is 3.41. The number of unbranched alkanes of at least 4 members (excludes halogenated alkanes) is 1. The van der Waals surface area contributed by atoms with Gasteiger partial charge in [-0.3, -0.25) is 4.79 Å². The fraction of sp³-hybridized carbons (Fsp3) is 0.346. The second-order valence-corrected chi connectivity index (χ2v) is 8.62. The lowest BCUT2D eigenvalue weighted by Crippen LogP contribution is -2.20. The Morgan fingerprint density at radius 1 is 1.03 bits per heavy atom. The molecular weight excluding hydrogens is 434 g/mol. The lowest BCUT2D eigenvalue weighted by atomic mass is 9.96. The number of nitrogens with zero attached hydrogens (tertiary/aromatic N) is 1. The Balaban J connectivity index is 1.82. The van der Waals surface area contributed by atoms with Crippen LogP contribution in [0.25, 0.3) is 27.6 Å². The zero-order valence-electron chi connectivity index (χ0n) is 19.6. The monoisotopic (exact) mass is 463 g/mol. The topological polar surface area (TPSA) is 111 Å². The maximum Gasteiger partial charge on any atom is 0.258 e. The van der Waals surface area contributed by atoms with Gasteiger partial charge in [0.2, 0.25) is 6.79 Å². The van der Waals surface area contributed by atoms with Crippen LogP contribution >= 0.6 is 0 Å². The Hall–Kier alpha value is -3.49. The molecule has 1 aromatic heterocycles. The van der Waals surface area contributed by atoms with Crippen LogP contribution in [0.3, 0.4) is 0 Å². The molecule has 34 heavy (non-hydrogen) atoms. The molecule has 8 heteroatoms. The molecule has 1 aliphatic carbocycles. The molecular formula is C26H29N3O5. The zero-order valence-corrected chi connectivity index (χ0v) is 19.6. The lowest BCUT2D eigenvalue weighted by molar-refractivity contribution is 0.174. The molecule has 1 atom stereocenters. The number of rotatable bonds is 7. The van der Waals surface area contributed by atoms with Crippen LogP contribution in [0, 0.1) is 0 Å². The Bertz CT molecular complexity index is 1380. The minimum Gasteiger partial charge on any atom is -0.493 e. The molecule has 4 N–H and O–H groups in total. The maximum atomic E-state index is 13.5. The quantitative estimate of drug-likeness (QED) is 0.405. The highest BCUT2D eigenvalue weighted by atomic mass is 16.7. The van der Waals surface area contributed by atoms with Gasteiger partial charge in [0.15, 0.2) is 23.0 Å². The molecule has 0 saturated heterocycles. The number of ether oxygens (including phenoxy) is 4. The first kappa shape index (κ1) is 22.3. The predicted octanol–water partition coefficient (Wildman–Crippen LogP) is 3.15. The summed E-state index contributed by atoms with van der Waals surface area (Å²) in [6, 6.07) is 7.37. The molecule has 2 heterocycles. The van der Waals surface area contributed by atoms with Gasteiger partial charge in [-0.15, -0.1) is 0 Å². The molecule has 2 aromatic carbocycles. The predicted molar refractivity (Wildman–Crippen MR) is 132 cm³/mol. The van der Waals surface area contributed by atoms with E-state index in [0.29, 0.717) is 34.9 Å². The van der Waals surface area contributed by atoms with Gasteiger partial charge in [-0.25, -0.2) is 0 Å². The van der Waals surface area contributed by atoms with Crippen molar-refractivity contribution >= 4 is 16.3 Å². The average molecular weight is 464 g/mol. The number of pyridine rings is 1. The Kier molecular flexibility index (Phi) is 5.71. The number of hydrogen-bond acceptors (Lipinski definition) is 7. The fourth-order valence-corrected chi connectivity index (χ4v) is 4.92. The zero-order chi connectivity index (χ0) is 24.0. The van der Waals surface area contributed by atoms with Crippen LogP contribution in [-0.4, -0.2) is 38.2 Å². The van der Waals surface area contributed by atoms with Crippen molar-refractivity contribution in [3.63, 3.8) is 0 Å². The van der Waals surface area contributed by atoms with Crippen LogP contribution in [0.4, 0.5) is 0 Å². The second-order valence-electron chi connectivity index (χ2n) is 8.62. The van der Waals surface area contributed by atoms with Crippen LogP contribution in [0.15, 0.2) is 35.1 Å². The normalized spacial score (nSPS) is 15.5. The number of methoxy groups -OCH3 is 2. The van der Waals surface area contributed by atoms with E-state index in [9.17, 15) is 4.79 Å². The summed E-state index contributed by atoms with van der Waals surface area (Å²) in [6.07, 6.45) is 4.78. The van der Waals surface area contributed by atoms with E-state index in [-0.39, 0.29) is 18.4 Å². The molecule has 0 unspecified atom stereocenters. The summed E-state index contributed by atoms with van der Waals surface area (Å²) < 4.78 is 24.0. The summed E-state index contributed by atoms with van der Waals surface area (Å²) in [5.74, 6) is 2.41. The van der Waals surface area contributed by atoms with Crippen molar-refractivity contribution in [1.82, 2.24) is 4.57 Å². The number of hydrogen-bond donors (Lipinski definition) is 2. The molecule has 2 aliphatic rings. The first-order valence-electron chi connectivity index (χ1n) is 11.4. The molecule has 0 radical (unpaired) electrons. The van der Waals surface area contributed by atoms with E-state index < -0.39 is 0 Å². The summed E-state index contributed by atoms with van der Waals surface area (Å²) in [6.45, 7) is 0.823. The van der Waals surface area contributed by atoms with E-state index >= 15 is 0 Å².